The average Bonchev–Trinajstić information content (AvgIpc) is 2.48. The second-order valence-corrected chi connectivity index (χ2v) is 4.95. The number of benzene rings is 2. The highest BCUT2D eigenvalue weighted by Crippen LogP contribution is 2.14. The fourth-order valence-electron chi connectivity index (χ4n) is 1.59. The molecule has 0 aromatic heterocycles. The first kappa shape index (κ1) is 15.3. The maximum absolute atomic E-state index is 5.89. The standard InChI is InChI=1S/C15H14ClN3OS/c1-20-14-7-5-13(6-8-14)18-15(21)19-17-10-11-3-2-4-12(16)9-11/h2-10H,1H3,(H2,18,19,21)/b17-10-. The summed E-state index contributed by atoms with van der Waals surface area (Å²) in [6.45, 7) is 0. The lowest BCUT2D eigenvalue weighted by Gasteiger charge is -2.07. The first-order valence-electron chi connectivity index (χ1n) is 6.17. The minimum absolute atomic E-state index is 0.401. The third kappa shape index (κ3) is 5.06. The van der Waals surface area contributed by atoms with Gasteiger partial charge in [-0.3, -0.25) is 5.43 Å². The van der Waals surface area contributed by atoms with Crippen molar-refractivity contribution < 1.29 is 4.74 Å². The summed E-state index contributed by atoms with van der Waals surface area (Å²) in [4.78, 5) is 0. The van der Waals surface area contributed by atoms with Crippen LogP contribution in [0.4, 0.5) is 5.69 Å². The summed E-state index contributed by atoms with van der Waals surface area (Å²) in [5.74, 6) is 0.790. The Labute approximate surface area is 133 Å². The van der Waals surface area contributed by atoms with Crippen molar-refractivity contribution in [2.75, 3.05) is 12.4 Å². The van der Waals surface area contributed by atoms with Crippen LogP contribution >= 0.6 is 23.8 Å². The molecule has 2 aromatic carbocycles. The Morgan fingerprint density at radius 1 is 1.24 bits per heavy atom. The molecular formula is C15H14ClN3OS. The van der Waals surface area contributed by atoms with E-state index in [0.29, 0.717) is 10.1 Å². The number of hydrogen-bond acceptors (Lipinski definition) is 3. The molecule has 0 amide bonds. The van der Waals surface area contributed by atoms with Gasteiger partial charge in [-0.15, -0.1) is 0 Å². The number of rotatable bonds is 4. The summed E-state index contributed by atoms with van der Waals surface area (Å²) >= 11 is 11.0. The molecule has 4 nitrogen and oxygen atoms in total. The van der Waals surface area contributed by atoms with Crippen molar-refractivity contribution >= 4 is 40.8 Å². The number of halogens is 1. The minimum Gasteiger partial charge on any atom is -0.497 e. The Kier molecular flexibility index (Phi) is 5.54. The zero-order valence-electron chi connectivity index (χ0n) is 11.3. The second kappa shape index (κ2) is 7.61. The molecule has 0 unspecified atom stereocenters. The number of nitrogens with one attached hydrogen (secondary N) is 2. The third-order valence-electron chi connectivity index (χ3n) is 2.58. The molecule has 0 saturated heterocycles. The molecule has 0 spiro atoms. The number of nitrogens with zero attached hydrogens (tertiary/aromatic N) is 1. The van der Waals surface area contributed by atoms with Crippen LogP contribution in [0.15, 0.2) is 53.6 Å². The highest BCUT2D eigenvalue weighted by Gasteiger charge is 1.97. The molecule has 2 N–H and O–H groups in total. The average molecular weight is 320 g/mol. The Balaban J connectivity index is 1.86. The monoisotopic (exact) mass is 319 g/mol. The summed E-state index contributed by atoms with van der Waals surface area (Å²) in [6, 6.07) is 14.8. The van der Waals surface area contributed by atoms with Gasteiger partial charge < -0.3 is 10.1 Å². The fraction of sp³-hybridized carbons (Fsp3) is 0.0667. The normalized spacial score (nSPS) is 10.4. The van der Waals surface area contributed by atoms with Gasteiger partial charge in [0.1, 0.15) is 5.75 Å². The van der Waals surface area contributed by atoms with Gasteiger partial charge in [0.05, 0.1) is 13.3 Å². The van der Waals surface area contributed by atoms with Gasteiger partial charge >= 0.3 is 0 Å². The van der Waals surface area contributed by atoms with Crippen molar-refractivity contribution in [3.63, 3.8) is 0 Å². The van der Waals surface area contributed by atoms with Crippen molar-refractivity contribution in [2.45, 2.75) is 0 Å². The van der Waals surface area contributed by atoms with Crippen LogP contribution in [-0.4, -0.2) is 18.4 Å². The Hall–Kier alpha value is -2.11. The highest BCUT2D eigenvalue weighted by molar-refractivity contribution is 7.80. The number of hydrazone groups is 1. The largest absolute Gasteiger partial charge is 0.497 e. The van der Waals surface area contributed by atoms with E-state index in [4.69, 9.17) is 28.6 Å². The van der Waals surface area contributed by atoms with Crippen molar-refractivity contribution in [2.24, 2.45) is 5.10 Å². The topological polar surface area (TPSA) is 45.6 Å². The highest BCUT2D eigenvalue weighted by atomic mass is 35.5. The molecule has 2 aromatic rings. The van der Waals surface area contributed by atoms with Crippen LogP contribution in [0, 0.1) is 0 Å². The summed E-state index contributed by atoms with van der Waals surface area (Å²) in [5.41, 5.74) is 4.49. The van der Waals surface area contributed by atoms with Crippen LogP contribution < -0.4 is 15.5 Å². The molecule has 0 fully saturated rings. The van der Waals surface area contributed by atoms with Gasteiger partial charge in [0, 0.05) is 10.7 Å². The molecule has 0 atom stereocenters. The summed E-state index contributed by atoms with van der Waals surface area (Å²) in [6.07, 6.45) is 1.65. The quantitative estimate of drug-likeness (QED) is 0.513. The molecule has 21 heavy (non-hydrogen) atoms. The molecule has 0 bridgehead atoms. The van der Waals surface area contributed by atoms with Crippen LogP contribution in [0.2, 0.25) is 5.02 Å². The summed E-state index contributed by atoms with van der Waals surface area (Å²) in [7, 11) is 1.62. The van der Waals surface area contributed by atoms with Gasteiger partial charge in [0.25, 0.3) is 0 Å². The predicted molar refractivity (Wildman–Crippen MR) is 91.4 cm³/mol. The van der Waals surface area contributed by atoms with Gasteiger partial charge in [-0.2, -0.15) is 5.10 Å². The second-order valence-electron chi connectivity index (χ2n) is 4.11. The Morgan fingerprint density at radius 2 is 2.00 bits per heavy atom. The van der Waals surface area contributed by atoms with E-state index in [0.717, 1.165) is 17.0 Å². The lowest BCUT2D eigenvalue weighted by molar-refractivity contribution is 0.415. The Morgan fingerprint density at radius 3 is 2.67 bits per heavy atom. The number of thiocarbonyl (C=S) groups is 1. The Bertz CT molecular complexity index is 644. The van der Waals surface area contributed by atoms with Crippen LogP contribution in [0.5, 0.6) is 5.75 Å². The van der Waals surface area contributed by atoms with Crippen molar-refractivity contribution in [1.82, 2.24) is 5.43 Å². The van der Waals surface area contributed by atoms with Crippen molar-refractivity contribution in [3.05, 3.63) is 59.1 Å². The van der Waals surface area contributed by atoms with Crippen LogP contribution in [0.25, 0.3) is 0 Å². The molecule has 0 aliphatic heterocycles. The SMILES string of the molecule is COc1ccc(NC(=S)N/N=C\c2cccc(Cl)c2)cc1. The number of methoxy groups -OCH3 is 1. The lowest BCUT2D eigenvalue weighted by Crippen LogP contribution is -2.23. The van der Waals surface area contributed by atoms with E-state index in [1.807, 2.05) is 48.5 Å². The summed E-state index contributed by atoms with van der Waals surface area (Å²) in [5, 5.41) is 8.13. The fourth-order valence-corrected chi connectivity index (χ4v) is 1.96. The molecule has 0 radical (unpaired) electrons. The molecular weight excluding hydrogens is 306 g/mol. The van der Waals surface area contributed by atoms with E-state index < -0.39 is 0 Å². The molecule has 2 rings (SSSR count). The molecule has 0 aliphatic rings. The van der Waals surface area contributed by atoms with Gasteiger partial charge in [0.15, 0.2) is 5.11 Å². The van der Waals surface area contributed by atoms with Crippen molar-refractivity contribution in [3.8, 4) is 5.75 Å². The number of hydrogen-bond donors (Lipinski definition) is 2. The molecule has 0 heterocycles. The first-order chi connectivity index (χ1) is 10.2. The maximum atomic E-state index is 5.89. The van der Waals surface area contributed by atoms with E-state index in [9.17, 15) is 0 Å². The van der Waals surface area contributed by atoms with Crippen LogP contribution in [0.3, 0.4) is 0 Å². The van der Waals surface area contributed by atoms with Gasteiger partial charge in [-0.25, -0.2) is 0 Å². The minimum atomic E-state index is 0.401. The zero-order chi connectivity index (χ0) is 15.1. The van der Waals surface area contributed by atoms with Crippen LogP contribution in [-0.2, 0) is 0 Å². The molecule has 6 heteroatoms. The number of ether oxygens (including phenoxy) is 1. The smallest absolute Gasteiger partial charge is 0.191 e. The molecule has 0 saturated carbocycles. The maximum Gasteiger partial charge on any atom is 0.191 e. The predicted octanol–water partition coefficient (Wildman–Crippen LogP) is 3.67. The first-order valence-corrected chi connectivity index (χ1v) is 6.95. The molecule has 108 valence electrons. The number of anilines is 1. The van der Waals surface area contributed by atoms with E-state index in [1.54, 1.807) is 13.3 Å². The van der Waals surface area contributed by atoms with E-state index >= 15 is 0 Å². The van der Waals surface area contributed by atoms with Gasteiger partial charge in [-0.05, 0) is 54.2 Å². The lowest BCUT2D eigenvalue weighted by atomic mass is 10.2. The van der Waals surface area contributed by atoms with Gasteiger partial charge in [-0.1, -0.05) is 23.7 Å². The zero-order valence-corrected chi connectivity index (χ0v) is 12.9. The molecule has 0 aliphatic carbocycles. The van der Waals surface area contributed by atoms with Crippen molar-refractivity contribution in [1.29, 1.82) is 0 Å². The van der Waals surface area contributed by atoms with Crippen LogP contribution in [0.1, 0.15) is 5.56 Å². The summed E-state index contributed by atoms with van der Waals surface area (Å²) < 4.78 is 5.09. The van der Waals surface area contributed by atoms with E-state index in [-0.39, 0.29) is 0 Å². The van der Waals surface area contributed by atoms with Gasteiger partial charge in [0.2, 0.25) is 0 Å². The third-order valence-corrected chi connectivity index (χ3v) is 3.00. The van der Waals surface area contributed by atoms with E-state index in [2.05, 4.69) is 15.8 Å². The van der Waals surface area contributed by atoms with E-state index in [1.165, 1.54) is 0 Å².